The summed E-state index contributed by atoms with van der Waals surface area (Å²) in [5.41, 5.74) is 2.20. The average molecular weight is 355 g/mol. The molecule has 0 aliphatic carbocycles. The van der Waals surface area contributed by atoms with Gasteiger partial charge in [-0.25, -0.2) is 0 Å². The first-order valence-corrected chi connectivity index (χ1v) is 8.45. The van der Waals surface area contributed by atoms with Gasteiger partial charge in [0.2, 0.25) is 5.91 Å². The molecule has 0 radical (unpaired) electrons. The fourth-order valence-corrected chi connectivity index (χ4v) is 2.86. The average Bonchev–Trinajstić information content (AvgIpc) is 2.66. The van der Waals surface area contributed by atoms with Crippen LogP contribution in [0.15, 0.2) is 42.5 Å². The van der Waals surface area contributed by atoms with E-state index >= 15 is 0 Å². The second kappa shape index (κ2) is 8.52. The van der Waals surface area contributed by atoms with Gasteiger partial charge in [-0.05, 0) is 38.1 Å². The van der Waals surface area contributed by atoms with E-state index in [2.05, 4.69) is 0 Å². The van der Waals surface area contributed by atoms with E-state index in [0.29, 0.717) is 16.9 Å². The highest BCUT2D eigenvalue weighted by Crippen LogP contribution is 2.29. The van der Waals surface area contributed by atoms with Gasteiger partial charge >= 0.3 is 0 Å². The summed E-state index contributed by atoms with van der Waals surface area (Å²) in [6, 6.07) is 12.6. The molecule has 138 valence electrons. The second-order valence-electron chi connectivity index (χ2n) is 6.18. The van der Waals surface area contributed by atoms with E-state index < -0.39 is 0 Å². The zero-order chi connectivity index (χ0) is 19.3. The van der Waals surface area contributed by atoms with Crippen LogP contribution < -0.4 is 9.47 Å². The normalized spacial score (nSPS) is 11.6. The van der Waals surface area contributed by atoms with Gasteiger partial charge in [-0.3, -0.25) is 9.59 Å². The largest absolute Gasteiger partial charge is 0.496 e. The molecule has 0 aliphatic heterocycles. The maximum Gasteiger partial charge on any atom is 0.227 e. The summed E-state index contributed by atoms with van der Waals surface area (Å²) >= 11 is 0. The number of nitrogens with zero attached hydrogens (tertiary/aromatic N) is 1. The maximum atomic E-state index is 12.8. The number of methoxy groups -OCH3 is 2. The van der Waals surface area contributed by atoms with Gasteiger partial charge in [-0.1, -0.05) is 18.2 Å². The lowest BCUT2D eigenvalue weighted by Crippen LogP contribution is -2.31. The van der Waals surface area contributed by atoms with E-state index in [4.69, 9.17) is 9.47 Å². The van der Waals surface area contributed by atoms with Crippen LogP contribution in [0.2, 0.25) is 0 Å². The molecule has 1 atom stereocenters. The third-order valence-corrected chi connectivity index (χ3v) is 4.59. The van der Waals surface area contributed by atoms with Crippen LogP contribution in [0.25, 0.3) is 0 Å². The van der Waals surface area contributed by atoms with Gasteiger partial charge < -0.3 is 14.4 Å². The Hall–Kier alpha value is -2.82. The van der Waals surface area contributed by atoms with Crippen LogP contribution in [0.4, 0.5) is 0 Å². The third-order valence-electron chi connectivity index (χ3n) is 4.59. The zero-order valence-electron chi connectivity index (χ0n) is 15.9. The minimum Gasteiger partial charge on any atom is -0.496 e. The minimum absolute atomic E-state index is 0.0444. The van der Waals surface area contributed by atoms with Gasteiger partial charge in [-0.15, -0.1) is 0 Å². The molecule has 5 heteroatoms. The summed E-state index contributed by atoms with van der Waals surface area (Å²) in [4.78, 5) is 26.1. The van der Waals surface area contributed by atoms with E-state index in [1.54, 1.807) is 44.4 Å². The quantitative estimate of drug-likeness (QED) is 0.711. The number of rotatable bonds is 7. The van der Waals surface area contributed by atoms with Crippen molar-refractivity contribution in [3.63, 3.8) is 0 Å². The number of carbonyl (C=O) groups excluding carboxylic acids is 2. The van der Waals surface area contributed by atoms with Crippen molar-refractivity contribution in [2.45, 2.75) is 26.3 Å². The monoisotopic (exact) mass is 355 g/mol. The number of amides is 1. The van der Waals surface area contributed by atoms with Crippen LogP contribution in [0.1, 0.15) is 41.4 Å². The lowest BCUT2D eigenvalue weighted by atomic mass is 10.0. The smallest absolute Gasteiger partial charge is 0.227 e. The Morgan fingerprint density at radius 1 is 1.04 bits per heavy atom. The maximum absolute atomic E-state index is 12.8. The van der Waals surface area contributed by atoms with Crippen molar-refractivity contribution in [2.75, 3.05) is 21.3 Å². The molecule has 2 aromatic rings. The molecule has 5 nitrogen and oxygen atoms in total. The molecule has 0 spiro atoms. The highest BCUT2D eigenvalue weighted by Gasteiger charge is 2.21. The molecule has 0 saturated carbocycles. The predicted molar refractivity (Wildman–Crippen MR) is 101 cm³/mol. The van der Waals surface area contributed by atoms with Crippen molar-refractivity contribution < 1.29 is 19.1 Å². The fourth-order valence-electron chi connectivity index (χ4n) is 2.86. The van der Waals surface area contributed by atoms with Gasteiger partial charge in [0.15, 0.2) is 5.78 Å². The SMILES string of the molecule is COc1ccc(C(C)=O)cc1CC(=O)N(C)C(C)c1ccccc1OC. The molecule has 0 saturated heterocycles. The molecule has 0 bridgehead atoms. The molecule has 26 heavy (non-hydrogen) atoms. The molecule has 2 rings (SSSR count). The topological polar surface area (TPSA) is 55.8 Å². The van der Waals surface area contributed by atoms with E-state index in [-0.39, 0.29) is 24.2 Å². The number of Topliss-reactive ketones (excluding diaryl/α,β-unsaturated/α-hetero) is 1. The lowest BCUT2D eigenvalue weighted by Gasteiger charge is -2.27. The van der Waals surface area contributed by atoms with E-state index in [1.807, 2.05) is 31.2 Å². The molecule has 0 aliphatic rings. The van der Waals surface area contributed by atoms with Crippen molar-refractivity contribution in [3.05, 3.63) is 59.2 Å². The van der Waals surface area contributed by atoms with Gasteiger partial charge in [0.1, 0.15) is 11.5 Å². The number of likely N-dealkylation sites (N-methyl/N-ethyl adjacent to an activating group) is 1. The molecular formula is C21H25NO4. The van der Waals surface area contributed by atoms with Crippen LogP contribution in [0.5, 0.6) is 11.5 Å². The Bertz CT molecular complexity index is 800. The molecule has 0 aromatic heterocycles. The number of para-hydroxylation sites is 1. The Labute approximate surface area is 154 Å². The summed E-state index contributed by atoms with van der Waals surface area (Å²) in [7, 11) is 4.93. The number of benzene rings is 2. The molecule has 2 aromatic carbocycles. The highest BCUT2D eigenvalue weighted by atomic mass is 16.5. The van der Waals surface area contributed by atoms with Crippen molar-refractivity contribution >= 4 is 11.7 Å². The second-order valence-corrected chi connectivity index (χ2v) is 6.18. The first-order valence-electron chi connectivity index (χ1n) is 8.45. The van der Waals surface area contributed by atoms with Crippen LogP contribution in [-0.4, -0.2) is 37.9 Å². The highest BCUT2D eigenvalue weighted by molar-refractivity contribution is 5.94. The van der Waals surface area contributed by atoms with Gasteiger partial charge in [-0.2, -0.15) is 0 Å². The molecule has 1 amide bonds. The fraction of sp³-hybridized carbons (Fsp3) is 0.333. The number of hydrogen-bond acceptors (Lipinski definition) is 4. The summed E-state index contributed by atoms with van der Waals surface area (Å²) in [6.45, 7) is 3.46. The Kier molecular flexibility index (Phi) is 6.39. The number of carbonyl (C=O) groups is 2. The molecule has 0 heterocycles. The number of ether oxygens (including phenoxy) is 2. The third kappa shape index (κ3) is 4.23. The van der Waals surface area contributed by atoms with E-state index in [9.17, 15) is 9.59 Å². The van der Waals surface area contributed by atoms with Crippen molar-refractivity contribution in [2.24, 2.45) is 0 Å². The van der Waals surface area contributed by atoms with Crippen LogP contribution in [0, 0.1) is 0 Å². The zero-order valence-corrected chi connectivity index (χ0v) is 15.9. The number of hydrogen-bond donors (Lipinski definition) is 0. The summed E-state index contributed by atoms with van der Waals surface area (Å²) < 4.78 is 10.7. The van der Waals surface area contributed by atoms with Crippen LogP contribution >= 0.6 is 0 Å². The first-order chi connectivity index (χ1) is 12.4. The van der Waals surface area contributed by atoms with Crippen LogP contribution in [-0.2, 0) is 11.2 Å². The standard InChI is InChI=1S/C21H25NO4/c1-14(18-8-6-7-9-20(18)26-5)22(3)21(24)13-17-12-16(15(2)23)10-11-19(17)25-4/h6-12,14H,13H2,1-5H3. The number of ketones is 1. The Morgan fingerprint density at radius 3 is 2.31 bits per heavy atom. The van der Waals surface area contributed by atoms with Gasteiger partial charge in [0, 0.05) is 23.7 Å². The summed E-state index contributed by atoms with van der Waals surface area (Å²) in [6.07, 6.45) is 0.153. The van der Waals surface area contributed by atoms with Crippen molar-refractivity contribution in [3.8, 4) is 11.5 Å². The first kappa shape index (κ1) is 19.5. The van der Waals surface area contributed by atoms with E-state index in [0.717, 1.165) is 11.3 Å². The van der Waals surface area contributed by atoms with Gasteiger partial charge in [0.25, 0.3) is 0 Å². The summed E-state index contributed by atoms with van der Waals surface area (Å²) in [5.74, 6) is 1.23. The predicted octanol–water partition coefficient (Wildman–Crippen LogP) is 3.67. The summed E-state index contributed by atoms with van der Waals surface area (Å²) in [5, 5.41) is 0. The lowest BCUT2D eigenvalue weighted by molar-refractivity contribution is -0.131. The minimum atomic E-state index is -0.152. The Balaban J connectivity index is 2.23. The van der Waals surface area contributed by atoms with Gasteiger partial charge in [0.05, 0.1) is 26.7 Å². The molecular weight excluding hydrogens is 330 g/mol. The van der Waals surface area contributed by atoms with E-state index in [1.165, 1.54) is 6.92 Å². The van der Waals surface area contributed by atoms with Crippen molar-refractivity contribution in [1.82, 2.24) is 4.90 Å². The molecule has 1 unspecified atom stereocenters. The molecule has 0 fully saturated rings. The molecule has 0 N–H and O–H groups in total. The van der Waals surface area contributed by atoms with Crippen LogP contribution in [0.3, 0.4) is 0 Å². The Morgan fingerprint density at radius 2 is 1.69 bits per heavy atom. The van der Waals surface area contributed by atoms with Crippen molar-refractivity contribution in [1.29, 1.82) is 0 Å².